The predicted molar refractivity (Wildman–Crippen MR) is 102 cm³/mol. The van der Waals surface area contributed by atoms with Crippen LogP contribution in [-0.2, 0) is 11.2 Å². The summed E-state index contributed by atoms with van der Waals surface area (Å²) < 4.78 is 1.70. The number of amides is 1. The maximum absolute atomic E-state index is 12.5. The Bertz CT molecular complexity index is 845. The molecule has 1 amide bonds. The predicted octanol–water partition coefficient (Wildman–Crippen LogP) is 4.07. The molecular weight excluding hydrogens is 348 g/mol. The van der Waals surface area contributed by atoms with Gasteiger partial charge in [-0.05, 0) is 48.7 Å². The molecule has 134 valence electrons. The van der Waals surface area contributed by atoms with Gasteiger partial charge >= 0.3 is 0 Å². The van der Waals surface area contributed by atoms with Crippen molar-refractivity contribution in [3.8, 4) is 5.69 Å². The minimum absolute atomic E-state index is 0.00230. The highest BCUT2D eigenvalue weighted by Gasteiger charge is 2.17. The van der Waals surface area contributed by atoms with E-state index in [2.05, 4.69) is 10.1 Å². The lowest BCUT2D eigenvalue weighted by atomic mass is 10.1. The lowest BCUT2D eigenvalue weighted by Crippen LogP contribution is -2.29. The monoisotopic (exact) mass is 368 g/mol. The van der Waals surface area contributed by atoms with Gasteiger partial charge in [0.1, 0.15) is 12.7 Å². The Balaban J connectivity index is 1.60. The molecule has 0 fully saturated rings. The van der Waals surface area contributed by atoms with Crippen LogP contribution >= 0.6 is 11.6 Å². The maximum atomic E-state index is 12.5. The molecule has 0 aliphatic heterocycles. The number of hydrogen-bond acceptors (Lipinski definition) is 3. The molecule has 0 saturated heterocycles. The maximum Gasteiger partial charge on any atom is 0.223 e. The summed E-state index contributed by atoms with van der Waals surface area (Å²) in [5.41, 5.74) is 3.13. The Morgan fingerprint density at radius 3 is 2.46 bits per heavy atom. The van der Waals surface area contributed by atoms with E-state index in [4.69, 9.17) is 11.6 Å². The number of carbonyl (C=O) groups is 1. The number of carbonyl (C=O) groups excluding carboxylic acids is 1. The van der Waals surface area contributed by atoms with Crippen molar-refractivity contribution < 1.29 is 4.79 Å². The number of nitrogens with zero attached hydrogens (tertiary/aromatic N) is 4. The second-order valence-electron chi connectivity index (χ2n) is 6.24. The molecule has 1 aromatic heterocycles. The minimum atomic E-state index is -0.00230. The van der Waals surface area contributed by atoms with Gasteiger partial charge in [-0.1, -0.05) is 35.9 Å². The van der Waals surface area contributed by atoms with Crippen LogP contribution in [0.25, 0.3) is 5.69 Å². The average molecular weight is 369 g/mol. The standard InChI is InChI=1S/C20H21ClN4O/c1-15(17-6-10-19(11-7-17)25-14-22-13-23-25)24(2)20(26)12-5-16-3-8-18(21)9-4-16/h3-4,6-11,13-15H,5,12H2,1-2H3. The molecule has 0 aliphatic carbocycles. The molecule has 0 bridgehead atoms. The van der Waals surface area contributed by atoms with Gasteiger partial charge in [-0.15, -0.1) is 0 Å². The van der Waals surface area contributed by atoms with Crippen molar-refractivity contribution in [2.45, 2.75) is 25.8 Å². The molecular formula is C20H21ClN4O. The Kier molecular flexibility index (Phi) is 5.68. The van der Waals surface area contributed by atoms with Gasteiger partial charge in [0.05, 0.1) is 11.7 Å². The summed E-state index contributed by atoms with van der Waals surface area (Å²) in [5, 5.41) is 4.82. The SMILES string of the molecule is CC(c1ccc(-n2cncn2)cc1)N(C)C(=O)CCc1ccc(Cl)cc1. The van der Waals surface area contributed by atoms with Crippen LogP contribution in [0.15, 0.2) is 61.2 Å². The first-order valence-electron chi connectivity index (χ1n) is 8.49. The summed E-state index contributed by atoms with van der Waals surface area (Å²) in [4.78, 5) is 18.3. The molecule has 1 atom stereocenters. The van der Waals surface area contributed by atoms with Gasteiger partial charge in [-0.3, -0.25) is 4.79 Å². The Morgan fingerprint density at radius 1 is 1.15 bits per heavy atom. The van der Waals surface area contributed by atoms with E-state index in [1.165, 1.54) is 6.33 Å². The molecule has 6 heteroatoms. The topological polar surface area (TPSA) is 51.0 Å². The van der Waals surface area contributed by atoms with Crippen molar-refractivity contribution in [3.63, 3.8) is 0 Å². The van der Waals surface area contributed by atoms with E-state index in [1.807, 2.05) is 62.5 Å². The number of benzene rings is 2. The third-order valence-electron chi connectivity index (χ3n) is 4.57. The quantitative estimate of drug-likeness (QED) is 0.659. The second kappa shape index (κ2) is 8.15. The molecule has 2 aromatic carbocycles. The number of halogens is 1. The number of hydrogen-bond donors (Lipinski definition) is 0. The molecule has 1 unspecified atom stereocenters. The Labute approximate surface area is 158 Å². The highest BCUT2D eigenvalue weighted by molar-refractivity contribution is 6.30. The van der Waals surface area contributed by atoms with Crippen molar-refractivity contribution in [3.05, 3.63) is 77.3 Å². The third-order valence-corrected chi connectivity index (χ3v) is 4.83. The first-order chi connectivity index (χ1) is 12.5. The molecule has 5 nitrogen and oxygen atoms in total. The van der Waals surface area contributed by atoms with E-state index >= 15 is 0 Å². The number of aromatic nitrogens is 3. The van der Waals surface area contributed by atoms with Crippen LogP contribution < -0.4 is 0 Å². The Hall–Kier alpha value is -2.66. The van der Waals surface area contributed by atoms with Gasteiger partial charge in [-0.25, -0.2) is 9.67 Å². The van der Waals surface area contributed by atoms with Gasteiger partial charge in [0.15, 0.2) is 0 Å². The van der Waals surface area contributed by atoms with E-state index in [9.17, 15) is 4.79 Å². The Morgan fingerprint density at radius 2 is 1.85 bits per heavy atom. The van der Waals surface area contributed by atoms with Crippen LogP contribution in [0, 0.1) is 0 Å². The fourth-order valence-corrected chi connectivity index (χ4v) is 2.89. The fraction of sp³-hybridized carbons (Fsp3) is 0.250. The summed E-state index contributed by atoms with van der Waals surface area (Å²) in [7, 11) is 1.85. The normalized spacial score (nSPS) is 12.0. The van der Waals surface area contributed by atoms with Crippen LogP contribution in [0.3, 0.4) is 0 Å². The molecule has 0 radical (unpaired) electrons. The zero-order valence-corrected chi connectivity index (χ0v) is 15.6. The molecule has 0 N–H and O–H groups in total. The fourth-order valence-electron chi connectivity index (χ4n) is 2.77. The molecule has 3 rings (SSSR count). The van der Waals surface area contributed by atoms with E-state index in [-0.39, 0.29) is 11.9 Å². The van der Waals surface area contributed by atoms with E-state index in [0.717, 1.165) is 16.8 Å². The molecule has 1 heterocycles. The summed E-state index contributed by atoms with van der Waals surface area (Å²) >= 11 is 5.89. The van der Waals surface area contributed by atoms with E-state index in [1.54, 1.807) is 15.9 Å². The van der Waals surface area contributed by atoms with E-state index < -0.39 is 0 Å². The van der Waals surface area contributed by atoms with Crippen LogP contribution in [0.5, 0.6) is 0 Å². The average Bonchev–Trinajstić information content (AvgIpc) is 3.21. The molecule has 26 heavy (non-hydrogen) atoms. The van der Waals surface area contributed by atoms with Gasteiger partial charge in [0.2, 0.25) is 5.91 Å². The summed E-state index contributed by atoms with van der Waals surface area (Å²) in [5.74, 6) is 0.118. The minimum Gasteiger partial charge on any atom is -0.339 e. The highest BCUT2D eigenvalue weighted by atomic mass is 35.5. The van der Waals surface area contributed by atoms with Gasteiger partial charge in [0, 0.05) is 18.5 Å². The van der Waals surface area contributed by atoms with Gasteiger partial charge in [-0.2, -0.15) is 5.10 Å². The van der Waals surface area contributed by atoms with Crippen molar-refractivity contribution >= 4 is 17.5 Å². The first-order valence-corrected chi connectivity index (χ1v) is 8.87. The van der Waals surface area contributed by atoms with Crippen LogP contribution in [0.4, 0.5) is 0 Å². The van der Waals surface area contributed by atoms with Crippen molar-refractivity contribution in [1.29, 1.82) is 0 Å². The van der Waals surface area contributed by atoms with Crippen molar-refractivity contribution in [1.82, 2.24) is 19.7 Å². The third kappa shape index (κ3) is 4.29. The summed E-state index contributed by atoms with van der Waals surface area (Å²) in [6, 6.07) is 15.6. The zero-order valence-electron chi connectivity index (χ0n) is 14.8. The summed E-state index contributed by atoms with van der Waals surface area (Å²) in [6.07, 6.45) is 4.34. The van der Waals surface area contributed by atoms with Gasteiger partial charge < -0.3 is 4.90 Å². The largest absolute Gasteiger partial charge is 0.339 e. The second-order valence-corrected chi connectivity index (χ2v) is 6.68. The van der Waals surface area contributed by atoms with Crippen molar-refractivity contribution in [2.75, 3.05) is 7.05 Å². The molecule has 0 spiro atoms. The van der Waals surface area contributed by atoms with Crippen LogP contribution in [0.2, 0.25) is 5.02 Å². The lowest BCUT2D eigenvalue weighted by Gasteiger charge is -2.25. The molecule has 3 aromatic rings. The molecule has 0 aliphatic rings. The highest BCUT2D eigenvalue weighted by Crippen LogP contribution is 2.21. The summed E-state index contributed by atoms with van der Waals surface area (Å²) in [6.45, 7) is 2.03. The number of rotatable bonds is 6. The zero-order chi connectivity index (χ0) is 18.5. The van der Waals surface area contributed by atoms with Crippen molar-refractivity contribution in [2.24, 2.45) is 0 Å². The number of aryl methyl sites for hydroxylation is 1. The smallest absolute Gasteiger partial charge is 0.223 e. The van der Waals surface area contributed by atoms with E-state index in [0.29, 0.717) is 17.9 Å². The lowest BCUT2D eigenvalue weighted by molar-refractivity contribution is -0.131. The van der Waals surface area contributed by atoms with Crippen LogP contribution in [0.1, 0.15) is 30.5 Å². The van der Waals surface area contributed by atoms with Gasteiger partial charge in [0.25, 0.3) is 0 Å². The molecule has 0 saturated carbocycles. The van der Waals surface area contributed by atoms with Crippen LogP contribution in [-0.4, -0.2) is 32.6 Å². The first kappa shape index (κ1) is 18.1.